The van der Waals surface area contributed by atoms with Crippen LogP contribution in [0.3, 0.4) is 0 Å². The third-order valence-corrected chi connectivity index (χ3v) is 5.23. The first-order valence-electron chi connectivity index (χ1n) is 7.83. The molecule has 1 N–H and O–H groups in total. The smallest absolute Gasteiger partial charge is 0.246 e. The molecule has 2 aromatic heterocycles. The van der Waals surface area contributed by atoms with Crippen LogP contribution in [0.2, 0.25) is 0 Å². The Labute approximate surface area is 150 Å². The van der Waals surface area contributed by atoms with Crippen molar-refractivity contribution in [1.82, 2.24) is 20.4 Å². The molecule has 0 radical (unpaired) electrons. The Hall–Kier alpha value is -3.07. The van der Waals surface area contributed by atoms with Crippen LogP contribution in [0.4, 0.5) is 0 Å². The lowest BCUT2D eigenvalue weighted by Crippen LogP contribution is -2.25. The van der Waals surface area contributed by atoms with E-state index in [9.17, 15) is 13.2 Å². The van der Waals surface area contributed by atoms with E-state index < -0.39 is 15.7 Å². The second-order valence-corrected chi connectivity index (χ2v) is 7.49. The maximum Gasteiger partial charge on any atom is 0.246 e. The van der Waals surface area contributed by atoms with Crippen LogP contribution in [0.15, 0.2) is 64.1 Å². The first-order valence-corrected chi connectivity index (χ1v) is 9.48. The third kappa shape index (κ3) is 4.51. The number of rotatable bonds is 7. The number of carbonyl (C=O) groups excluding carboxylic acids is 1. The van der Waals surface area contributed by atoms with Gasteiger partial charge in [0.05, 0.1) is 17.2 Å². The van der Waals surface area contributed by atoms with Gasteiger partial charge in [-0.05, 0) is 24.3 Å². The van der Waals surface area contributed by atoms with Gasteiger partial charge in [0.2, 0.25) is 17.6 Å². The maximum atomic E-state index is 12.1. The van der Waals surface area contributed by atoms with Gasteiger partial charge in [0.1, 0.15) is 5.69 Å². The lowest BCUT2D eigenvalue weighted by atomic mass is 10.3. The Balaban J connectivity index is 1.51. The third-order valence-electron chi connectivity index (χ3n) is 3.50. The minimum atomic E-state index is -3.49. The molecule has 1 amide bonds. The minimum Gasteiger partial charge on any atom is -0.347 e. The van der Waals surface area contributed by atoms with Gasteiger partial charge >= 0.3 is 0 Å². The molecule has 0 fully saturated rings. The molecule has 0 unspecified atom stereocenters. The van der Waals surface area contributed by atoms with Crippen molar-refractivity contribution >= 4 is 15.7 Å². The van der Waals surface area contributed by atoms with E-state index in [0.29, 0.717) is 11.5 Å². The van der Waals surface area contributed by atoms with Crippen molar-refractivity contribution in [2.45, 2.75) is 17.9 Å². The highest BCUT2D eigenvalue weighted by Crippen LogP contribution is 2.12. The molecule has 0 aliphatic carbocycles. The first kappa shape index (κ1) is 17.7. The molecule has 0 bridgehead atoms. The van der Waals surface area contributed by atoms with Crippen molar-refractivity contribution in [1.29, 1.82) is 0 Å². The van der Waals surface area contributed by atoms with E-state index in [0.717, 1.165) is 0 Å². The van der Waals surface area contributed by atoms with Crippen molar-refractivity contribution in [3.05, 3.63) is 60.6 Å². The topological polar surface area (TPSA) is 115 Å². The summed E-state index contributed by atoms with van der Waals surface area (Å²) in [5.41, 5.74) is 0.558. The van der Waals surface area contributed by atoms with Crippen molar-refractivity contribution in [2.75, 3.05) is 5.75 Å². The summed E-state index contributed by atoms with van der Waals surface area (Å²) in [6.07, 6.45) is 1.46. The zero-order valence-corrected chi connectivity index (χ0v) is 14.5. The van der Waals surface area contributed by atoms with Crippen LogP contribution in [-0.4, -0.2) is 35.2 Å². The summed E-state index contributed by atoms with van der Waals surface area (Å²) >= 11 is 0. The number of benzene rings is 1. The maximum absolute atomic E-state index is 12.1. The van der Waals surface area contributed by atoms with E-state index in [1.807, 2.05) is 0 Å². The summed E-state index contributed by atoms with van der Waals surface area (Å²) in [4.78, 5) is 20.3. The summed E-state index contributed by atoms with van der Waals surface area (Å²) in [6, 6.07) is 13.3. The molecule has 2 heterocycles. The molecule has 0 aliphatic rings. The average Bonchev–Trinajstić information content (AvgIpc) is 3.15. The van der Waals surface area contributed by atoms with Gasteiger partial charge < -0.3 is 9.84 Å². The van der Waals surface area contributed by atoms with E-state index in [2.05, 4.69) is 20.4 Å². The quantitative estimate of drug-likeness (QED) is 0.670. The van der Waals surface area contributed by atoms with Gasteiger partial charge in [0.15, 0.2) is 9.84 Å². The lowest BCUT2D eigenvalue weighted by Gasteiger charge is -2.04. The van der Waals surface area contributed by atoms with Crippen molar-refractivity contribution in [3.8, 4) is 11.5 Å². The number of sulfone groups is 1. The normalized spacial score (nSPS) is 11.2. The molecule has 0 saturated carbocycles. The van der Waals surface area contributed by atoms with Gasteiger partial charge in [-0.25, -0.2) is 8.42 Å². The number of aromatic nitrogens is 3. The average molecular weight is 372 g/mol. The van der Waals surface area contributed by atoms with Crippen molar-refractivity contribution in [2.24, 2.45) is 0 Å². The van der Waals surface area contributed by atoms with Crippen molar-refractivity contribution < 1.29 is 17.7 Å². The van der Waals surface area contributed by atoms with Gasteiger partial charge in [-0.2, -0.15) is 4.98 Å². The van der Waals surface area contributed by atoms with E-state index in [4.69, 9.17) is 4.52 Å². The SMILES string of the molecule is O=C(CCS(=O)(=O)c1ccccc1)NCc1nc(-c2ccccn2)no1. The van der Waals surface area contributed by atoms with Crippen LogP contribution in [-0.2, 0) is 21.2 Å². The number of amides is 1. The number of carbonyl (C=O) groups is 1. The van der Waals surface area contributed by atoms with Crippen LogP contribution < -0.4 is 5.32 Å². The Bertz CT molecular complexity index is 972. The molecule has 8 nitrogen and oxygen atoms in total. The summed E-state index contributed by atoms with van der Waals surface area (Å²) in [5, 5.41) is 6.36. The fraction of sp³-hybridized carbons (Fsp3) is 0.176. The largest absolute Gasteiger partial charge is 0.347 e. The van der Waals surface area contributed by atoms with Crippen LogP contribution in [0.5, 0.6) is 0 Å². The van der Waals surface area contributed by atoms with Gasteiger partial charge in [0, 0.05) is 12.6 Å². The number of nitrogens with zero attached hydrogens (tertiary/aromatic N) is 3. The van der Waals surface area contributed by atoms with Crippen LogP contribution in [0, 0.1) is 0 Å². The highest BCUT2D eigenvalue weighted by atomic mass is 32.2. The highest BCUT2D eigenvalue weighted by Gasteiger charge is 2.16. The fourth-order valence-corrected chi connectivity index (χ4v) is 3.42. The Morgan fingerprint density at radius 3 is 2.58 bits per heavy atom. The number of hydrogen-bond donors (Lipinski definition) is 1. The zero-order chi connectivity index (χ0) is 18.4. The second-order valence-electron chi connectivity index (χ2n) is 5.39. The van der Waals surface area contributed by atoms with E-state index in [-0.39, 0.29) is 29.5 Å². The molecular formula is C17H16N4O4S. The minimum absolute atomic E-state index is 0.0179. The number of nitrogens with one attached hydrogen (secondary N) is 1. The van der Waals surface area contributed by atoms with Crippen LogP contribution in [0.1, 0.15) is 12.3 Å². The Morgan fingerprint density at radius 2 is 1.85 bits per heavy atom. The lowest BCUT2D eigenvalue weighted by molar-refractivity contribution is -0.121. The van der Waals surface area contributed by atoms with Crippen molar-refractivity contribution in [3.63, 3.8) is 0 Å². The molecule has 3 rings (SSSR count). The summed E-state index contributed by atoms with van der Waals surface area (Å²) in [6.45, 7) is 0.0179. The number of pyridine rings is 1. The van der Waals surface area contributed by atoms with Gasteiger partial charge in [-0.1, -0.05) is 29.4 Å². The molecular weight excluding hydrogens is 356 g/mol. The Morgan fingerprint density at radius 1 is 1.08 bits per heavy atom. The molecule has 1 aromatic carbocycles. The molecule has 134 valence electrons. The molecule has 3 aromatic rings. The fourth-order valence-electron chi connectivity index (χ4n) is 2.16. The molecule has 9 heteroatoms. The Kier molecular flexibility index (Phi) is 5.37. The summed E-state index contributed by atoms with van der Waals surface area (Å²) < 4.78 is 29.3. The van der Waals surface area contributed by atoms with Crippen LogP contribution >= 0.6 is 0 Å². The molecule has 0 spiro atoms. The predicted molar refractivity (Wildman–Crippen MR) is 92.5 cm³/mol. The first-order chi connectivity index (χ1) is 12.5. The van der Waals surface area contributed by atoms with Gasteiger partial charge in [-0.15, -0.1) is 0 Å². The highest BCUT2D eigenvalue weighted by molar-refractivity contribution is 7.91. The van der Waals surface area contributed by atoms with E-state index in [1.54, 1.807) is 42.6 Å². The molecule has 0 atom stereocenters. The van der Waals surface area contributed by atoms with Gasteiger partial charge in [0.25, 0.3) is 0 Å². The van der Waals surface area contributed by atoms with Crippen LogP contribution in [0.25, 0.3) is 11.5 Å². The summed E-state index contributed by atoms with van der Waals surface area (Å²) in [7, 11) is -3.49. The zero-order valence-electron chi connectivity index (χ0n) is 13.7. The standard InChI is InChI=1S/C17H16N4O4S/c22-15(9-11-26(23,24)13-6-2-1-3-7-13)19-12-16-20-17(21-25-16)14-8-4-5-10-18-14/h1-8,10H,9,11-12H2,(H,19,22). The monoisotopic (exact) mass is 372 g/mol. The second kappa shape index (κ2) is 7.87. The molecule has 0 aliphatic heterocycles. The van der Waals surface area contributed by atoms with E-state index in [1.165, 1.54) is 12.1 Å². The van der Waals surface area contributed by atoms with E-state index >= 15 is 0 Å². The number of hydrogen-bond acceptors (Lipinski definition) is 7. The molecule has 0 saturated heterocycles. The van der Waals surface area contributed by atoms with Gasteiger partial charge in [-0.3, -0.25) is 9.78 Å². The molecule has 26 heavy (non-hydrogen) atoms. The summed E-state index contributed by atoms with van der Waals surface area (Å²) in [5.74, 6) is -0.153. The predicted octanol–water partition coefficient (Wildman–Crippen LogP) is 1.61.